The molecule has 0 aromatic carbocycles. The van der Waals surface area contributed by atoms with Crippen molar-refractivity contribution in [3.05, 3.63) is 24.0 Å². The van der Waals surface area contributed by atoms with Gasteiger partial charge in [-0.15, -0.1) is 10.2 Å². The number of hydrogen-bond acceptors (Lipinski definition) is 6. The largest absolute Gasteiger partial charge is 0.373 e. The van der Waals surface area contributed by atoms with E-state index < -0.39 is 0 Å². The maximum atomic E-state index is 4.58. The molecule has 1 fully saturated rings. The fraction of sp³-hybridized carbons (Fsp3) is 0.538. The number of nitrogens with one attached hydrogen (secondary N) is 2. The molecular weight excluding hydrogens is 254 g/mol. The zero-order valence-electron chi connectivity index (χ0n) is 11.8. The maximum absolute atomic E-state index is 4.58. The molecule has 2 N–H and O–H groups in total. The Kier molecular flexibility index (Phi) is 3.49. The van der Waals surface area contributed by atoms with Gasteiger partial charge in [-0.3, -0.25) is 0 Å². The Bertz CT molecular complexity index is 588. The molecule has 1 aliphatic rings. The third-order valence-corrected chi connectivity index (χ3v) is 3.41. The van der Waals surface area contributed by atoms with E-state index in [0.717, 1.165) is 29.8 Å². The Hall–Kier alpha value is -2.18. The second-order valence-corrected chi connectivity index (χ2v) is 4.91. The molecule has 0 unspecified atom stereocenters. The monoisotopic (exact) mass is 273 g/mol. The average Bonchev–Trinajstić information content (AvgIpc) is 3.24. The summed E-state index contributed by atoms with van der Waals surface area (Å²) in [6, 6.07) is 1.92. The van der Waals surface area contributed by atoms with Crippen molar-refractivity contribution in [1.29, 1.82) is 0 Å². The molecule has 7 heteroatoms. The van der Waals surface area contributed by atoms with Crippen molar-refractivity contribution >= 4 is 11.6 Å². The summed E-state index contributed by atoms with van der Waals surface area (Å²) < 4.78 is 2.01. The van der Waals surface area contributed by atoms with Crippen LogP contribution in [0, 0.1) is 0 Å². The normalized spacial score (nSPS) is 14.3. The number of hydrogen-bond donors (Lipinski definition) is 2. The molecule has 0 radical (unpaired) electrons. The van der Waals surface area contributed by atoms with E-state index in [1.807, 2.05) is 17.7 Å². The van der Waals surface area contributed by atoms with Crippen LogP contribution in [0.25, 0.3) is 0 Å². The van der Waals surface area contributed by atoms with E-state index in [4.69, 9.17) is 0 Å². The lowest BCUT2D eigenvalue weighted by molar-refractivity contribution is 0.707. The topological polar surface area (TPSA) is 80.5 Å². The van der Waals surface area contributed by atoms with Crippen molar-refractivity contribution in [3.63, 3.8) is 0 Å². The summed E-state index contributed by atoms with van der Waals surface area (Å²) in [5.74, 6) is 4.04. The zero-order chi connectivity index (χ0) is 13.9. The minimum Gasteiger partial charge on any atom is -0.373 e. The van der Waals surface area contributed by atoms with Crippen LogP contribution in [-0.2, 0) is 13.1 Å². The average molecular weight is 273 g/mol. The van der Waals surface area contributed by atoms with Gasteiger partial charge in [-0.05, 0) is 19.8 Å². The minimum absolute atomic E-state index is 0.531. The van der Waals surface area contributed by atoms with Crippen LogP contribution in [0.1, 0.15) is 37.3 Å². The molecule has 0 aliphatic heterocycles. The highest BCUT2D eigenvalue weighted by Crippen LogP contribution is 2.38. The lowest BCUT2D eigenvalue weighted by Gasteiger charge is -2.09. The van der Waals surface area contributed by atoms with Crippen LogP contribution in [0.15, 0.2) is 12.4 Å². The second kappa shape index (κ2) is 5.44. The molecule has 7 nitrogen and oxygen atoms in total. The Morgan fingerprint density at radius 2 is 2.10 bits per heavy atom. The van der Waals surface area contributed by atoms with Crippen molar-refractivity contribution in [3.8, 4) is 0 Å². The summed E-state index contributed by atoms with van der Waals surface area (Å²) >= 11 is 0. The summed E-state index contributed by atoms with van der Waals surface area (Å²) in [7, 11) is 1.87. The van der Waals surface area contributed by atoms with Crippen LogP contribution in [0.3, 0.4) is 0 Å². The Labute approximate surface area is 117 Å². The first-order valence-electron chi connectivity index (χ1n) is 6.97. The van der Waals surface area contributed by atoms with Crippen molar-refractivity contribution in [2.24, 2.45) is 0 Å². The fourth-order valence-corrected chi connectivity index (χ4v) is 2.06. The highest BCUT2D eigenvalue weighted by Gasteiger charge is 2.27. The van der Waals surface area contributed by atoms with Gasteiger partial charge < -0.3 is 15.2 Å². The third kappa shape index (κ3) is 2.71. The number of nitrogens with zero attached hydrogens (tertiary/aromatic N) is 5. The highest BCUT2D eigenvalue weighted by molar-refractivity contribution is 5.47. The predicted octanol–water partition coefficient (Wildman–Crippen LogP) is 1.62. The molecule has 1 aliphatic carbocycles. The first kappa shape index (κ1) is 12.8. The van der Waals surface area contributed by atoms with Crippen molar-refractivity contribution in [2.75, 3.05) is 17.7 Å². The first-order valence-corrected chi connectivity index (χ1v) is 6.97. The Balaban J connectivity index is 1.74. The molecule has 0 spiro atoms. The lowest BCUT2D eigenvalue weighted by Crippen LogP contribution is -2.10. The van der Waals surface area contributed by atoms with Crippen LogP contribution in [-0.4, -0.2) is 31.8 Å². The summed E-state index contributed by atoms with van der Waals surface area (Å²) in [5, 5.41) is 14.4. The van der Waals surface area contributed by atoms with Crippen LogP contribution >= 0.6 is 0 Å². The van der Waals surface area contributed by atoms with E-state index in [-0.39, 0.29) is 0 Å². The molecule has 0 saturated heterocycles. The summed E-state index contributed by atoms with van der Waals surface area (Å²) in [5.41, 5.74) is 0. The first-order chi connectivity index (χ1) is 9.80. The molecule has 0 atom stereocenters. The van der Waals surface area contributed by atoms with Gasteiger partial charge in [-0.25, -0.2) is 9.97 Å². The van der Waals surface area contributed by atoms with E-state index in [0.29, 0.717) is 12.5 Å². The molecule has 2 heterocycles. The summed E-state index contributed by atoms with van der Waals surface area (Å²) in [6.45, 7) is 3.54. The predicted molar refractivity (Wildman–Crippen MR) is 76.6 cm³/mol. The second-order valence-electron chi connectivity index (χ2n) is 4.91. The van der Waals surface area contributed by atoms with Crippen molar-refractivity contribution < 1.29 is 0 Å². The number of rotatable bonds is 6. The van der Waals surface area contributed by atoms with Gasteiger partial charge in [0.1, 0.15) is 23.8 Å². The van der Waals surface area contributed by atoms with Gasteiger partial charge in [-0.2, -0.15) is 0 Å². The van der Waals surface area contributed by atoms with Crippen LogP contribution in [0.2, 0.25) is 0 Å². The van der Waals surface area contributed by atoms with Gasteiger partial charge in [-0.1, -0.05) is 0 Å². The highest BCUT2D eigenvalue weighted by atomic mass is 15.3. The van der Waals surface area contributed by atoms with Crippen LogP contribution in [0.5, 0.6) is 0 Å². The zero-order valence-corrected chi connectivity index (χ0v) is 11.8. The lowest BCUT2D eigenvalue weighted by atomic mass is 10.3. The van der Waals surface area contributed by atoms with Crippen molar-refractivity contribution in [1.82, 2.24) is 24.7 Å². The van der Waals surface area contributed by atoms with Gasteiger partial charge in [0.25, 0.3) is 0 Å². The smallest absolute Gasteiger partial charge is 0.152 e. The van der Waals surface area contributed by atoms with Crippen molar-refractivity contribution in [2.45, 2.75) is 38.8 Å². The van der Waals surface area contributed by atoms with E-state index in [1.54, 1.807) is 6.33 Å². The molecular formula is C13H19N7. The standard InChI is InChI=1S/C13H19N7/c1-3-20-8-16-19-12(20)7-15-11-6-10(14-2)17-13(18-11)9-4-5-9/h6,8-9H,3-5,7H2,1-2H3,(H2,14,15,17,18). The van der Waals surface area contributed by atoms with Gasteiger partial charge in [0.15, 0.2) is 5.82 Å². The van der Waals surface area contributed by atoms with Crippen LogP contribution < -0.4 is 10.6 Å². The molecule has 2 aromatic heterocycles. The van der Waals surface area contributed by atoms with E-state index >= 15 is 0 Å². The fourth-order valence-electron chi connectivity index (χ4n) is 2.06. The Morgan fingerprint density at radius 1 is 1.30 bits per heavy atom. The molecule has 20 heavy (non-hydrogen) atoms. The van der Waals surface area contributed by atoms with Gasteiger partial charge in [0, 0.05) is 25.6 Å². The minimum atomic E-state index is 0.531. The van der Waals surface area contributed by atoms with E-state index in [2.05, 4.69) is 37.7 Å². The van der Waals surface area contributed by atoms with Gasteiger partial charge >= 0.3 is 0 Å². The van der Waals surface area contributed by atoms with E-state index in [1.165, 1.54) is 12.8 Å². The molecule has 3 rings (SSSR count). The molecule has 2 aromatic rings. The molecule has 0 amide bonds. The van der Waals surface area contributed by atoms with Gasteiger partial charge in [0.05, 0.1) is 6.54 Å². The SMILES string of the molecule is CCn1cnnc1CNc1cc(NC)nc(C2CC2)n1. The number of aryl methyl sites for hydroxylation is 1. The number of aromatic nitrogens is 5. The Morgan fingerprint density at radius 3 is 2.80 bits per heavy atom. The van der Waals surface area contributed by atoms with E-state index in [9.17, 15) is 0 Å². The maximum Gasteiger partial charge on any atom is 0.152 e. The molecule has 1 saturated carbocycles. The summed E-state index contributed by atoms with van der Waals surface area (Å²) in [6.07, 6.45) is 4.12. The summed E-state index contributed by atoms with van der Waals surface area (Å²) in [4.78, 5) is 9.08. The third-order valence-electron chi connectivity index (χ3n) is 3.41. The molecule has 106 valence electrons. The van der Waals surface area contributed by atoms with Crippen LogP contribution in [0.4, 0.5) is 11.6 Å². The quantitative estimate of drug-likeness (QED) is 0.832. The molecule has 0 bridgehead atoms. The van der Waals surface area contributed by atoms with Gasteiger partial charge in [0.2, 0.25) is 0 Å². The number of anilines is 2.